The van der Waals surface area contributed by atoms with Gasteiger partial charge >= 0.3 is 5.69 Å². The predicted molar refractivity (Wildman–Crippen MR) is 101 cm³/mol. The van der Waals surface area contributed by atoms with Crippen LogP contribution in [-0.4, -0.2) is 19.3 Å². The van der Waals surface area contributed by atoms with Crippen molar-refractivity contribution in [2.45, 2.75) is 20.0 Å². The molecule has 8 heteroatoms. The summed E-state index contributed by atoms with van der Waals surface area (Å²) >= 11 is 6.07. The maximum atomic E-state index is 13.1. The van der Waals surface area contributed by atoms with Crippen molar-refractivity contribution in [2.24, 2.45) is 0 Å². The lowest BCUT2D eigenvalue weighted by Crippen LogP contribution is -2.40. The highest BCUT2D eigenvalue weighted by molar-refractivity contribution is 6.30. The molecule has 0 saturated carbocycles. The summed E-state index contributed by atoms with van der Waals surface area (Å²) in [6.07, 6.45) is 0. The summed E-state index contributed by atoms with van der Waals surface area (Å²) in [6.45, 7) is 1.87. The molecule has 0 aliphatic carbocycles. The minimum atomic E-state index is -0.450. The Morgan fingerprint density at radius 3 is 2.59 bits per heavy atom. The number of aromatic nitrogens is 4. The highest BCUT2D eigenvalue weighted by Gasteiger charge is 2.15. The van der Waals surface area contributed by atoms with Crippen molar-refractivity contribution < 1.29 is 4.52 Å². The Kier molecular flexibility index (Phi) is 4.37. The number of benzene rings is 2. The molecule has 0 N–H and O–H groups in total. The van der Waals surface area contributed by atoms with Crippen molar-refractivity contribution in [1.82, 2.24) is 19.3 Å². The second-order valence-corrected chi connectivity index (χ2v) is 6.58. The third-order valence-electron chi connectivity index (χ3n) is 4.22. The normalized spacial score (nSPS) is 11.2. The van der Waals surface area contributed by atoms with Crippen molar-refractivity contribution in [1.29, 1.82) is 0 Å². The van der Waals surface area contributed by atoms with Crippen molar-refractivity contribution in [2.75, 3.05) is 0 Å². The van der Waals surface area contributed by atoms with Crippen molar-refractivity contribution >= 4 is 22.5 Å². The van der Waals surface area contributed by atoms with Crippen LogP contribution in [0.4, 0.5) is 0 Å². The quantitative estimate of drug-likeness (QED) is 0.541. The first kappa shape index (κ1) is 17.2. The van der Waals surface area contributed by atoms with Crippen LogP contribution in [0.1, 0.15) is 17.3 Å². The molecule has 0 atom stereocenters. The molecule has 0 aliphatic rings. The Balaban J connectivity index is 1.91. The number of halogens is 1. The first-order valence-electron chi connectivity index (χ1n) is 8.29. The maximum absolute atomic E-state index is 13.1. The zero-order valence-corrected chi connectivity index (χ0v) is 15.2. The van der Waals surface area contributed by atoms with E-state index in [9.17, 15) is 9.59 Å². The van der Waals surface area contributed by atoms with E-state index in [2.05, 4.69) is 10.1 Å². The molecule has 0 spiro atoms. The van der Waals surface area contributed by atoms with E-state index in [-0.39, 0.29) is 19.0 Å². The monoisotopic (exact) mass is 382 g/mol. The molecule has 0 unspecified atom stereocenters. The van der Waals surface area contributed by atoms with Gasteiger partial charge in [0, 0.05) is 5.02 Å². The minimum Gasteiger partial charge on any atom is -0.337 e. The standard InChI is InChI=1S/C19H15ClN4O3/c1-12-21-17(27-22-12)11-24-18(25)15-7-2-3-8-16(15)23(19(24)26)10-13-5-4-6-14(20)9-13/h2-9H,10-11H2,1H3. The van der Waals surface area contributed by atoms with E-state index in [1.807, 2.05) is 12.1 Å². The second kappa shape index (κ2) is 6.85. The van der Waals surface area contributed by atoms with Gasteiger partial charge in [-0.3, -0.25) is 13.9 Å². The minimum absolute atomic E-state index is 0.0844. The zero-order chi connectivity index (χ0) is 19.0. The number of hydrogen-bond donors (Lipinski definition) is 0. The van der Waals surface area contributed by atoms with E-state index in [1.54, 1.807) is 47.9 Å². The highest BCUT2D eigenvalue weighted by atomic mass is 35.5. The number of hydrogen-bond acceptors (Lipinski definition) is 5. The lowest BCUT2D eigenvalue weighted by atomic mass is 10.2. The lowest BCUT2D eigenvalue weighted by Gasteiger charge is -2.13. The van der Waals surface area contributed by atoms with E-state index in [0.29, 0.717) is 21.7 Å². The molecule has 0 amide bonds. The predicted octanol–water partition coefficient (Wildman–Crippen LogP) is 2.60. The molecule has 2 heterocycles. The van der Waals surface area contributed by atoms with Crippen LogP contribution in [0.15, 0.2) is 62.6 Å². The Morgan fingerprint density at radius 2 is 1.85 bits per heavy atom. The molecule has 0 saturated heterocycles. The van der Waals surface area contributed by atoms with Crippen LogP contribution in [0.25, 0.3) is 10.9 Å². The van der Waals surface area contributed by atoms with E-state index >= 15 is 0 Å². The van der Waals surface area contributed by atoms with Crippen molar-refractivity contribution in [3.63, 3.8) is 0 Å². The number of aryl methyl sites for hydroxylation is 1. The Morgan fingerprint density at radius 1 is 1.04 bits per heavy atom. The van der Waals surface area contributed by atoms with Crippen LogP contribution in [0, 0.1) is 6.92 Å². The van der Waals surface area contributed by atoms with Gasteiger partial charge in [0.25, 0.3) is 5.56 Å². The van der Waals surface area contributed by atoms with E-state index in [1.165, 1.54) is 0 Å². The fourth-order valence-electron chi connectivity index (χ4n) is 3.02. The largest absolute Gasteiger partial charge is 0.337 e. The molecule has 0 radical (unpaired) electrons. The van der Waals surface area contributed by atoms with E-state index in [4.69, 9.17) is 16.1 Å². The van der Waals surface area contributed by atoms with Crippen LogP contribution < -0.4 is 11.2 Å². The molecule has 0 fully saturated rings. The molecule has 2 aromatic carbocycles. The van der Waals surface area contributed by atoms with Crippen molar-refractivity contribution in [3.05, 3.63) is 91.7 Å². The van der Waals surface area contributed by atoms with Gasteiger partial charge < -0.3 is 4.52 Å². The van der Waals surface area contributed by atoms with E-state index in [0.717, 1.165) is 10.1 Å². The summed E-state index contributed by atoms with van der Waals surface area (Å²) in [5.41, 5.74) is 0.572. The average Bonchev–Trinajstić information content (AvgIpc) is 3.07. The van der Waals surface area contributed by atoms with Gasteiger partial charge in [0.2, 0.25) is 5.89 Å². The maximum Gasteiger partial charge on any atom is 0.332 e. The molecular weight excluding hydrogens is 368 g/mol. The first-order chi connectivity index (χ1) is 13.0. The van der Waals surface area contributed by atoms with E-state index < -0.39 is 11.2 Å². The topological polar surface area (TPSA) is 82.9 Å². The Labute approximate surface area is 158 Å². The lowest BCUT2D eigenvalue weighted by molar-refractivity contribution is 0.363. The summed E-state index contributed by atoms with van der Waals surface area (Å²) in [5.74, 6) is 0.648. The number of para-hydroxylation sites is 1. The molecule has 136 valence electrons. The SMILES string of the molecule is Cc1noc(Cn2c(=O)c3ccccc3n(Cc3cccc(Cl)c3)c2=O)n1. The number of fused-ring (bicyclic) bond motifs is 1. The van der Waals surface area contributed by atoms with Gasteiger partial charge in [-0.25, -0.2) is 4.79 Å². The van der Waals surface area contributed by atoms with Gasteiger partial charge in [-0.1, -0.05) is 41.0 Å². The molecule has 2 aromatic heterocycles. The van der Waals surface area contributed by atoms with Gasteiger partial charge in [-0.2, -0.15) is 4.98 Å². The average molecular weight is 383 g/mol. The molecule has 27 heavy (non-hydrogen) atoms. The summed E-state index contributed by atoms with van der Waals surface area (Å²) in [4.78, 5) is 30.1. The van der Waals surface area contributed by atoms with Crippen LogP contribution in [-0.2, 0) is 13.1 Å². The van der Waals surface area contributed by atoms with Gasteiger partial charge in [0.1, 0.15) is 6.54 Å². The summed E-state index contributed by atoms with van der Waals surface area (Å²) in [5, 5.41) is 4.73. The molecule has 0 bridgehead atoms. The fraction of sp³-hybridized carbons (Fsp3) is 0.158. The summed E-state index contributed by atoms with van der Waals surface area (Å²) in [6, 6.07) is 14.3. The molecule has 7 nitrogen and oxygen atoms in total. The molecule has 4 rings (SSSR count). The first-order valence-corrected chi connectivity index (χ1v) is 8.67. The fourth-order valence-corrected chi connectivity index (χ4v) is 3.23. The third kappa shape index (κ3) is 3.29. The molecule has 0 aliphatic heterocycles. The smallest absolute Gasteiger partial charge is 0.332 e. The van der Waals surface area contributed by atoms with Gasteiger partial charge in [-0.05, 0) is 36.8 Å². The summed E-state index contributed by atoms with van der Waals surface area (Å²) < 4.78 is 7.74. The second-order valence-electron chi connectivity index (χ2n) is 6.14. The third-order valence-corrected chi connectivity index (χ3v) is 4.46. The van der Waals surface area contributed by atoms with Crippen LogP contribution in [0.5, 0.6) is 0 Å². The number of nitrogens with zero attached hydrogens (tertiary/aromatic N) is 4. The molecule has 4 aromatic rings. The van der Waals surface area contributed by atoms with Crippen LogP contribution in [0.2, 0.25) is 5.02 Å². The molecular formula is C19H15ClN4O3. The Hall–Kier alpha value is -3.19. The Bertz CT molecular complexity index is 1260. The van der Waals surface area contributed by atoms with Crippen LogP contribution in [0.3, 0.4) is 0 Å². The van der Waals surface area contributed by atoms with Gasteiger partial charge in [0.05, 0.1) is 17.4 Å². The highest BCUT2D eigenvalue weighted by Crippen LogP contribution is 2.14. The summed E-state index contributed by atoms with van der Waals surface area (Å²) in [7, 11) is 0. The number of rotatable bonds is 4. The van der Waals surface area contributed by atoms with Gasteiger partial charge in [0.15, 0.2) is 5.82 Å². The zero-order valence-electron chi connectivity index (χ0n) is 14.4. The van der Waals surface area contributed by atoms with Gasteiger partial charge in [-0.15, -0.1) is 0 Å². The van der Waals surface area contributed by atoms with Crippen molar-refractivity contribution in [3.8, 4) is 0 Å². The van der Waals surface area contributed by atoms with Crippen LogP contribution >= 0.6 is 11.6 Å².